The van der Waals surface area contributed by atoms with Crippen LogP contribution in [-0.4, -0.2) is 24.8 Å². The van der Waals surface area contributed by atoms with Gasteiger partial charge in [0, 0.05) is 18.2 Å². The topological polar surface area (TPSA) is 63.4 Å². The van der Waals surface area contributed by atoms with Gasteiger partial charge < -0.3 is 10.6 Å². The first-order chi connectivity index (χ1) is 8.25. The molecule has 1 aromatic carbocycles. The molecular weight excluding hydrogens is 228 g/mol. The molecule has 0 spiro atoms. The quantitative estimate of drug-likeness (QED) is 0.826. The van der Waals surface area contributed by atoms with E-state index >= 15 is 0 Å². The van der Waals surface area contributed by atoms with E-state index in [9.17, 15) is 9.59 Å². The molecule has 0 saturated carbocycles. The van der Waals surface area contributed by atoms with Crippen LogP contribution >= 0.6 is 0 Å². The molecular formula is C14H20N2O2. The van der Waals surface area contributed by atoms with Gasteiger partial charge >= 0.3 is 0 Å². The second-order valence-electron chi connectivity index (χ2n) is 5.32. The Balaban J connectivity index is 2.86. The van der Waals surface area contributed by atoms with Gasteiger partial charge in [0.15, 0.2) is 5.78 Å². The van der Waals surface area contributed by atoms with Crippen molar-refractivity contribution in [3.05, 3.63) is 30.3 Å². The summed E-state index contributed by atoms with van der Waals surface area (Å²) in [7, 11) is 1.62. The van der Waals surface area contributed by atoms with E-state index in [2.05, 4.69) is 0 Å². The molecule has 0 aliphatic heterocycles. The van der Waals surface area contributed by atoms with E-state index in [1.54, 1.807) is 40.0 Å². The normalized spacial score (nSPS) is 12.9. The largest absolute Gasteiger partial charge is 0.314 e. The fourth-order valence-electron chi connectivity index (χ4n) is 1.57. The first-order valence-corrected chi connectivity index (χ1v) is 5.87. The number of nitrogens with two attached hydrogens (primary N) is 1. The van der Waals surface area contributed by atoms with E-state index in [-0.39, 0.29) is 11.7 Å². The number of rotatable bonds is 3. The van der Waals surface area contributed by atoms with Crippen molar-refractivity contribution in [1.82, 2.24) is 0 Å². The third-order valence-electron chi connectivity index (χ3n) is 2.76. The fourth-order valence-corrected chi connectivity index (χ4v) is 1.57. The van der Waals surface area contributed by atoms with Crippen molar-refractivity contribution in [3.63, 3.8) is 0 Å². The van der Waals surface area contributed by atoms with Gasteiger partial charge in [0.1, 0.15) is 6.04 Å². The van der Waals surface area contributed by atoms with Crippen LogP contribution in [0.5, 0.6) is 0 Å². The second-order valence-corrected chi connectivity index (χ2v) is 5.32. The molecule has 1 aromatic rings. The molecule has 0 fully saturated rings. The fraction of sp³-hybridized carbons (Fsp3) is 0.429. The van der Waals surface area contributed by atoms with E-state index in [0.29, 0.717) is 0 Å². The van der Waals surface area contributed by atoms with Crippen LogP contribution in [0.1, 0.15) is 20.8 Å². The Bertz CT molecular complexity index is 435. The molecule has 0 heterocycles. The Morgan fingerprint density at radius 3 is 2.11 bits per heavy atom. The predicted octanol–water partition coefficient (Wildman–Crippen LogP) is 1.59. The summed E-state index contributed by atoms with van der Waals surface area (Å²) in [6, 6.07) is 8.00. The second kappa shape index (κ2) is 5.31. The molecule has 1 amide bonds. The number of hydrogen-bond acceptors (Lipinski definition) is 3. The standard InChI is InChI=1S/C14H20N2O2/c1-14(2,3)12(17)11(15)13(18)16(4)10-8-6-5-7-9-10/h5-9,11H,15H2,1-4H3. The van der Waals surface area contributed by atoms with Gasteiger partial charge in [-0.3, -0.25) is 9.59 Å². The lowest BCUT2D eigenvalue weighted by Crippen LogP contribution is -2.50. The average Bonchev–Trinajstić information content (AvgIpc) is 2.35. The van der Waals surface area contributed by atoms with Crippen LogP contribution in [0.3, 0.4) is 0 Å². The van der Waals surface area contributed by atoms with E-state index < -0.39 is 11.5 Å². The zero-order valence-corrected chi connectivity index (χ0v) is 11.3. The molecule has 18 heavy (non-hydrogen) atoms. The smallest absolute Gasteiger partial charge is 0.251 e. The highest BCUT2D eigenvalue weighted by molar-refractivity contribution is 6.12. The van der Waals surface area contributed by atoms with Gasteiger partial charge in [-0.25, -0.2) is 0 Å². The number of carbonyl (C=O) groups is 2. The Kier molecular flexibility index (Phi) is 4.24. The van der Waals surface area contributed by atoms with Crippen LogP contribution in [0.4, 0.5) is 5.69 Å². The third-order valence-corrected chi connectivity index (χ3v) is 2.76. The minimum atomic E-state index is -1.12. The molecule has 0 aromatic heterocycles. The van der Waals surface area contributed by atoms with Gasteiger partial charge in [-0.1, -0.05) is 39.0 Å². The van der Waals surface area contributed by atoms with Crippen LogP contribution < -0.4 is 10.6 Å². The highest BCUT2D eigenvalue weighted by atomic mass is 16.2. The molecule has 98 valence electrons. The maximum atomic E-state index is 12.1. The lowest BCUT2D eigenvalue weighted by atomic mass is 9.86. The summed E-state index contributed by atoms with van der Waals surface area (Å²) < 4.78 is 0. The van der Waals surface area contributed by atoms with Crippen LogP contribution in [0.2, 0.25) is 0 Å². The van der Waals surface area contributed by atoms with E-state index in [1.807, 2.05) is 18.2 Å². The Hall–Kier alpha value is -1.68. The number of anilines is 1. The summed E-state index contributed by atoms with van der Waals surface area (Å²) in [5.74, 6) is -0.642. The van der Waals surface area contributed by atoms with Gasteiger partial charge in [0.05, 0.1) is 0 Å². The number of hydrogen-bond donors (Lipinski definition) is 1. The Morgan fingerprint density at radius 1 is 1.17 bits per heavy atom. The predicted molar refractivity (Wildman–Crippen MR) is 72.3 cm³/mol. The number of Topliss-reactive ketones (excluding diaryl/α,β-unsaturated/α-hetero) is 1. The van der Waals surface area contributed by atoms with Crippen molar-refractivity contribution in [2.24, 2.45) is 11.1 Å². The minimum Gasteiger partial charge on any atom is -0.314 e. The summed E-state index contributed by atoms with van der Waals surface area (Å²) in [4.78, 5) is 25.5. The van der Waals surface area contributed by atoms with Gasteiger partial charge in [-0.05, 0) is 12.1 Å². The zero-order chi connectivity index (χ0) is 13.9. The van der Waals surface area contributed by atoms with Crippen LogP contribution in [0.15, 0.2) is 30.3 Å². The van der Waals surface area contributed by atoms with Crippen molar-refractivity contribution in [2.45, 2.75) is 26.8 Å². The molecule has 4 heteroatoms. The number of nitrogens with zero attached hydrogens (tertiary/aromatic N) is 1. The van der Waals surface area contributed by atoms with E-state index in [0.717, 1.165) is 5.69 Å². The van der Waals surface area contributed by atoms with Crippen molar-refractivity contribution in [2.75, 3.05) is 11.9 Å². The van der Waals surface area contributed by atoms with Crippen molar-refractivity contribution >= 4 is 17.4 Å². The number of para-hydroxylation sites is 1. The molecule has 0 aliphatic rings. The minimum absolute atomic E-state index is 0.254. The number of ketones is 1. The number of carbonyl (C=O) groups excluding carboxylic acids is 2. The summed E-state index contributed by atoms with van der Waals surface area (Å²) in [5, 5.41) is 0. The average molecular weight is 248 g/mol. The van der Waals surface area contributed by atoms with Crippen LogP contribution in [0.25, 0.3) is 0 Å². The van der Waals surface area contributed by atoms with Crippen LogP contribution in [0, 0.1) is 5.41 Å². The Labute approximate surface area is 108 Å². The monoisotopic (exact) mass is 248 g/mol. The van der Waals surface area contributed by atoms with Gasteiger partial charge in [-0.15, -0.1) is 0 Å². The molecule has 0 aliphatic carbocycles. The van der Waals surface area contributed by atoms with Crippen molar-refractivity contribution in [1.29, 1.82) is 0 Å². The highest BCUT2D eigenvalue weighted by Crippen LogP contribution is 2.18. The molecule has 1 unspecified atom stereocenters. The van der Waals surface area contributed by atoms with Crippen molar-refractivity contribution in [3.8, 4) is 0 Å². The molecule has 0 saturated heterocycles. The first-order valence-electron chi connectivity index (χ1n) is 5.87. The molecule has 0 bridgehead atoms. The number of likely N-dealkylation sites (N-methyl/N-ethyl adjacent to an activating group) is 1. The highest BCUT2D eigenvalue weighted by Gasteiger charge is 2.33. The lowest BCUT2D eigenvalue weighted by Gasteiger charge is -2.25. The summed E-state index contributed by atoms with van der Waals surface area (Å²) >= 11 is 0. The molecule has 1 atom stereocenters. The molecule has 0 radical (unpaired) electrons. The third kappa shape index (κ3) is 3.17. The number of benzene rings is 1. The van der Waals surface area contributed by atoms with Gasteiger partial charge in [0.2, 0.25) is 0 Å². The van der Waals surface area contributed by atoms with Crippen molar-refractivity contribution < 1.29 is 9.59 Å². The zero-order valence-electron chi connectivity index (χ0n) is 11.3. The SMILES string of the molecule is CN(C(=O)C(N)C(=O)C(C)(C)C)c1ccccc1. The summed E-state index contributed by atoms with van der Waals surface area (Å²) in [6.45, 7) is 5.26. The maximum absolute atomic E-state index is 12.1. The molecule has 2 N–H and O–H groups in total. The number of amides is 1. The Morgan fingerprint density at radius 2 is 1.67 bits per heavy atom. The van der Waals surface area contributed by atoms with Gasteiger partial charge in [-0.2, -0.15) is 0 Å². The first kappa shape index (κ1) is 14.4. The summed E-state index contributed by atoms with van der Waals surface area (Å²) in [6.07, 6.45) is 0. The maximum Gasteiger partial charge on any atom is 0.251 e. The van der Waals surface area contributed by atoms with E-state index in [1.165, 1.54) is 4.90 Å². The molecule has 1 rings (SSSR count). The van der Waals surface area contributed by atoms with Crippen LogP contribution in [-0.2, 0) is 9.59 Å². The molecule has 4 nitrogen and oxygen atoms in total. The van der Waals surface area contributed by atoms with E-state index in [4.69, 9.17) is 5.73 Å². The lowest BCUT2D eigenvalue weighted by molar-refractivity contribution is -0.133. The van der Waals surface area contributed by atoms with Gasteiger partial charge in [0.25, 0.3) is 5.91 Å². The summed E-state index contributed by atoms with van der Waals surface area (Å²) in [5.41, 5.74) is 5.85.